The number of carbonyl (C=O) groups excluding carboxylic acids is 1. The number of aliphatic hydroxyl groups excluding tert-OH is 1. The van der Waals surface area contributed by atoms with Gasteiger partial charge >= 0.3 is 5.97 Å². The van der Waals surface area contributed by atoms with Gasteiger partial charge in [-0.05, 0) is 67.3 Å². The Morgan fingerprint density at radius 2 is 1.79 bits per heavy atom. The first-order chi connectivity index (χ1) is 12.7. The van der Waals surface area contributed by atoms with E-state index in [1.807, 2.05) is 32.7 Å². The van der Waals surface area contributed by atoms with Crippen LogP contribution in [0.1, 0.15) is 61.3 Å². The number of carbonyl (C=O) groups is 1. The molecule has 0 aromatic carbocycles. The lowest BCUT2D eigenvalue weighted by atomic mass is 9.82. The summed E-state index contributed by atoms with van der Waals surface area (Å²) in [5, 5.41) is 32.2. The maximum absolute atomic E-state index is 12.7. The average molecular weight is 404 g/mol. The Hall–Kier alpha value is -0.730. The van der Waals surface area contributed by atoms with Crippen LogP contribution in [-0.2, 0) is 14.3 Å². The van der Waals surface area contributed by atoms with Crippen molar-refractivity contribution in [1.29, 1.82) is 0 Å². The monoisotopic (exact) mass is 403 g/mol. The standard InChI is InChI=1S/C21H41NO6/c1-13(2)28-17-14(3)11-20(6,25)9-10-22(8)16(5)18(23)21(7,26)12-27-19(24)15(17)4/h13-18,23,25-26H,9-12H2,1-8H3/t14-,15?,16?,17+,18?,20-,21-/m1/s1. The molecule has 28 heavy (non-hydrogen) atoms. The van der Waals surface area contributed by atoms with Gasteiger partial charge in [-0.2, -0.15) is 0 Å². The predicted molar refractivity (Wildman–Crippen MR) is 108 cm³/mol. The first-order valence-electron chi connectivity index (χ1n) is 10.3. The number of likely N-dealkylation sites (N-methyl/N-ethyl adjacent to an activating group) is 1. The van der Waals surface area contributed by atoms with E-state index in [9.17, 15) is 20.1 Å². The molecule has 0 bridgehead atoms. The van der Waals surface area contributed by atoms with Crippen LogP contribution in [0.3, 0.4) is 0 Å². The van der Waals surface area contributed by atoms with Gasteiger partial charge in [0.2, 0.25) is 0 Å². The summed E-state index contributed by atoms with van der Waals surface area (Å²) in [6.07, 6.45) is -0.642. The fourth-order valence-electron chi connectivity index (χ4n) is 3.92. The molecule has 0 aromatic heterocycles. The van der Waals surface area contributed by atoms with Crippen LogP contribution in [0.15, 0.2) is 0 Å². The summed E-state index contributed by atoms with van der Waals surface area (Å²) < 4.78 is 11.4. The normalized spacial score (nSPS) is 42.9. The molecule has 0 aromatic rings. The van der Waals surface area contributed by atoms with Crippen LogP contribution >= 0.6 is 0 Å². The quantitative estimate of drug-likeness (QED) is 0.602. The Morgan fingerprint density at radius 3 is 2.32 bits per heavy atom. The van der Waals surface area contributed by atoms with Crippen molar-refractivity contribution in [2.45, 2.75) is 96.9 Å². The lowest BCUT2D eigenvalue weighted by molar-refractivity contribution is -0.175. The van der Waals surface area contributed by atoms with Crippen LogP contribution in [0.4, 0.5) is 0 Å². The first kappa shape index (κ1) is 25.3. The molecule has 0 amide bonds. The van der Waals surface area contributed by atoms with Crippen molar-refractivity contribution in [1.82, 2.24) is 4.90 Å². The van der Waals surface area contributed by atoms with E-state index in [0.717, 1.165) is 0 Å². The molecule has 0 radical (unpaired) electrons. The highest BCUT2D eigenvalue weighted by Gasteiger charge is 2.41. The minimum absolute atomic E-state index is 0.0725. The van der Waals surface area contributed by atoms with E-state index in [4.69, 9.17) is 9.47 Å². The van der Waals surface area contributed by atoms with E-state index in [-0.39, 0.29) is 24.7 Å². The van der Waals surface area contributed by atoms with Crippen LogP contribution in [-0.4, -0.2) is 81.9 Å². The lowest BCUT2D eigenvalue weighted by Gasteiger charge is -2.40. The van der Waals surface area contributed by atoms with E-state index in [2.05, 4.69) is 0 Å². The molecule has 3 N–H and O–H groups in total. The fourth-order valence-corrected chi connectivity index (χ4v) is 3.92. The molecule has 7 atom stereocenters. The second-order valence-corrected chi connectivity index (χ2v) is 9.50. The van der Waals surface area contributed by atoms with Gasteiger partial charge in [-0.25, -0.2) is 0 Å². The molecule has 1 aliphatic rings. The van der Waals surface area contributed by atoms with Gasteiger partial charge in [0, 0.05) is 12.6 Å². The van der Waals surface area contributed by atoms with Gasteiger partial charge < -0.3 is 29.7 Å². The maximum Gasteiger partial charge on any atom is 0.311 e. The molecule has 1 fully saturated rings. The Bertz CT molecular complexity index is 507. The number of nitrogens with zero attached hydrogens (tertiary/aromatic N) is 1. The van der Waals surface area contributed by atoms with E-state index < -0.39 is 35.3 Å². The van der Waals surface area contributed by atoms with Crippen LogP contribution in [0, 0.1) is 11.8 Å². The van der Waals surface area contributed by atoms with Crippen molar-refractivity contribution in [3.63, 3.8) is 0 Å². The Balaban J connectivity index is 3.17. The van der Waals surface area contributed by atoms with E-state index >= 15 is 0 Å². The highest BCUT2D eigenvalue weighted by atomic mass is 16.6. The third-order valence-corrected chi connectivity index (χ3v) is 5.92. The summed E-state index contributed by atoms with van der Waals surface area (Å²) >= 11 is 0. The van der Waals surface area contributed by atoms with Crippen molar-refractivity contribution >= 4 is 5.97 Å². The SMILES string of the molecule is CC(C)O[C@@H]1C(C)C(=O)OC[C@@](C)(O)C(O)C(C)N(C)CC[C@@](C)(O)C[C@H]1C. The summed E-state index contributed by atoms with van der Waals surface area (Å²) in [6.45, 7) is 12.9. The predicted octanol–water partition coefficient (Wildman–Crippen LogP) is 1.57. The van der Waals surface area contributed by atoms with Crippen LogP contribution in [0.25, 0.3) is 0 Å². The largest absolute Gasteiger partial charge is 0.462 e. The molecular formula is C21H41NO6. The topological polar surface area (TPSA) is 99.5 Å². The van der Waals surface area contributed by atoms with Crippen molar-refractivity contribution in [2.75, 3.05) is 20.2 Å². The zero-order valence-corrected chi connectivity index (χ0v) is 18.8. The van der Waals surface area contributed by atoms with E-state index in [0.29, 0.717) is 19.4 Å². The van der Waals surface area contributed by atoms with Crippen molar-refractivity contribution < 1.29 is 29.6 Å². The highest BCUT2D eigenvalue weighted by Crippen LogP contribution is 2.30. The molecule has 0 spiro atoms. The van der Waals surface area contributed by atoms with Gasteiger partial charge in [-0.15, -0.1) is 0 Å². The van der Waals surface area contributed by atoms with Crippen LogP contribution in [0.2, 0.25) is 0 Å². The zero-order valence-electron chi connectivity index (χ0n) is 18.8. The average Bonchev–Trinajstić information content (AvgIpc) is 2.59. The van der Waals surface area contributed by atoms with Gasteiger partial charge in [0.05, 0.1) is 23.7 Å². The summed E-state index contributed by atoms with van der Waals surface area (Å²) in [6, 6.07) is -0.376. The van der Waals surface area contributed by atoms with Crippen molar-refractivity contribution in [3.05, 3.63) is 0 Å². The number of ether oxygens (including phenoxy) is 2. The molecule has 1 rings (SSSR count). The molecule has 0 aliphatic carbocycles. The third-order valence-electron chi connectivity index (χ3n) is 5.92. The summed E-state index contributed by atoms with van der Waals surface area (Å²) in [5.74, 6) is -1.12. The minimum atomic E-state index is -1.59. The number of aliphatic hydroxyl groups is 3. The molecule has 7 heteroatoms. The van der Waals surface area contributed by atoms with E-state index in [1.165, 1.54) is 6.92 Å². The number of hydrogen-bond donors (Lipinski definition) is 3. The van der Waals surface area contributed by atoms with Gasteiger partial charge in [-0.3, -0.25) is 4.79 Å². The molecule has 1 aliphatic heterocycles. The molecule has 1 saturated heterocycles. The smallest absolute Gasteiger partial charge is 0.311 e. The second kappa shape index (κ2) is 9.85. The summed E-state index contributed by atoms with van der Waals surface area (Å²) in [5.41, 5.74) is -2.54. The van der Waals surface area contributed by atoms with Crippen LogP contribution in [0.5, 0.6) is 0 Å². The number of esters is 1. The number of cyclic esters (lactones) is 1. The van der Waals surface area contributed by atoms with Gasteiger partial charge in [0.15, 0.2) is 0 Å². The highest BCUT2D eigenvalue weighted by molar-refractivity contribution is 5.72. The summed E-state index contributed by atoms with van der Waals surface area (Å²) in [4.78, 5) is 14.6. The fraction of sp³-hybridized carbons (Fsp3) is 0.952. The molecule has 166 valence electrons. The Labute approximate surface area is 170 Å². The van der Waals surface area contributed by atoms with E-state index in [1.54, 1.807) is 20.8 Å². The van der Waals surface area contributed by atoms with Crippen LogP contribution < -0.4 is 0 Å². The molecule has 7 nitrogen and oxygen atoms in total. The molecule has 1 heterocycles. The molecular weight excluding hydrogens is 362 g/mol. The van der Waals surface area contributed by atoms with Crippen molar-refractivity contribution in [2.24, 2.45) is 11.8 Å². The summed E-state index contributed by atoms with van der Waals surface area (Å²) in [7, 11) is 1.84. The number of hydrogen-bond acceptors (Lipinski definition) is 7. The first-order valence-corrected chi connectivity index (χ1v) is 10.3. The third kappa shape index (κ3) is 6.95. The molecule has 0 saturated carbocycles. The van der Waals surface area contributed by atoms with Gasteiger partial charge in [-0.1, -0.05) is 6.92 Å². The number of rotatable bonds is 2. The second-order valence-electron chi connectivity index (χ2n) is 9.50. The maximum atomic E-state index is 12.7. The van der Waals surface area contributed by atoms with Gasteiger partial charge in [0.25, 0.3) is 0 Å². The Kier molecular flexibility index (Phi) is 8.90. The molecule has 3 unspecified atom stereocenters. The zero-order chi connectivity index (χ0) is 21.9. The van der Waals surface area contributed by atoms with Crippen molar-refractivity contribution in [3.8, 4) is 0 Å². The Morgan fingerprint density at radius 1 is 1.21 bits per heavy atom. The minimum Gasteiger partial charge on any atom is -0.462 e. The van der Waals surface area contributed by atoms with Gasteiger partial charge in [0.1, 0.15) is 18.3 Å². The lowest BCUT2D eigenvalue weighted by Crippen LogP contribution is -2.55.